The molecule has 1 heterocycles. The first-order valence-corrected chi connectivity index (χ1v) is 14.5. The lowest BCUT2D eigenvalue weighted by molar-refractivity contribution is -0.146. The van der Waals surface area contributed by atoms with Gasteiger partial charge in [-0.25, -0.2) is 19.6 Å². The number of nitrogens with one attached hydrogen (secondary N) is 3. The van der Waals surface area contributed by atoms with Crippen molar-refractivity contribution < 1.29 is 33.3 Å². The summed E-state index contributed by atoms with van der Waals surface area (Å²) in [6.45, 7) is 9.71. The Bertz CT molecular complexity index is 1480. The van der Waals surface area contributed by atoms with Gasteiger partial charge >= 0.3 is 12.1 Å². The van der Waals surface area contributed by atoms with Gasteiger partial charge < -0.3 is 34.9 Å². The van der Waals surface area contributed by atoms with E-state index in [0.717, 1.165) is 0 Å². The molecule has 44 heavy (non-hydrogen) atoms. The van der Waals surface area contributed by atoms with Gasteiger partial charge in [0.1, 0.15) is 23.8 Å². The minimum Gasteiger partial charge on any atom is -0.493 e. The molecule has 3 aromatic rings. The lowest BCUT2D eigenvalue weighted by Gasteiger charge is -2.20. The summed E-state index contributed by atoms with van der Waals surface area (Å²) in [5.41, 5.74) is 1.20. The molecule has 0 aliphatic heterocycles. The molecule has 2 amide bonds. The molecule has 0 unspecified atom stereocenters. The zero-order valence-corrected chi connectivity index (χ0v) is 26.8. The van der Waals surface area contributed by atoms with E-state index in [1.165, 1.54) is 20.5 Å². The van der Waals surface area contributed by atoms with Crippen LogP contribution in [0.5, 0.6) is 11.5 Å². The number of aromatic nitrogens is 2. The van der Waals surface area contributed by atoms with Crippen LogP contribution in [0.1, 0.15) is 46.6 Å². The average Bonchev–Trinajstić information content (AvgIpc) is 2.95. The molecule has 1 aromatic heterocycles. The van der Waals surface area contributed by atoms with Gasteiger partial charge in [0.15, 0.2) is 11.5 Å². The molecule has 0 radical (unpaired) electrons. The van der Waals surface area contributed by atoms with Gasteiger partial charge in [-0.05, 0) is 56.9 Å². The third-order valence-corrected chi connectivity index (χ3v) is 6.52. The van der Waals surface area contributed by atoms with Crippen LogP contribution >= 0.6 is 11.6 Å². The smallest absolute Gasteiger partial charge is 0.407 e. The summed E-state index contributed by atoms with van der Waals surface area (Å²) in [5.74, 6) is 0.372. The van der Waals surface area contributed by atoms with E-state index in [0.29, 0.717) is 64.1 Å². The van der Waals surface area contributed by atoms with Crippen molar-refractivity contribution >= 4 is 52.0 Å². The SMILES string of the molecule is COC(=O)[C@H](NC(=O)Cc1ccc(Cl)cc1Nc1ncnc2cc(OC)c(OCCCNC(=O)OC(C)(C)C)cc12)C(C)C. The van der Waals surface area contributed by atoms with Crippen LogP contribution in [-0.2, 0) is 25.5 Å². The molecule has 0 aliphatic carbocycles. The summed E-state index contributed by atoms with van der Waals surface area (Å²) in [7, 11) is 2.82. The second kappa shape index (κ2) is 15.4. The van der Waals surface area contributed by atoms with E-state index in [1.807, 2.05) is 13.8 Å². The number of hydrogen-bond donors (Lipinski definition) is 3. The third kappa shape index (κ3) is 9.87. The number of carbonyl (C=O) groups is 3. The number of ether oxygens (including phenoxy) is 4. The molecule has 3 rings (SSSR count). The van der Waals surface area contributed by atoms with Crippen molar-refractivity contribution in [2.45, 2.75) is 59.1 Å². The first-order chi connectivity index (χ1) is 20.8. The fraction of sp³-hybridized carbons (Fsp3) is 0.452. The minimum atomic E-state index is -0.775. The Morgan fingerprint density at radius 2 is 1.77 bits per heavy atom. The molecule has 0 saturated heterocycles. The molecule has 0 saturated carbocycles. The molecule has 0 bridgehead atoms. The fourth-order valence-corrected chi connectivity index (χ4v) is 4.34. The van der Waals surface area contributed by atoms with Gasteiger partial charge in [0.2, 0.25) is 5.91 Å². The summed E-state index contributed by atoms with van der Waals surface area (Å²) >= 11 is 6.32. The number of esters is 1. The standard InChI is InChI=1S/C31H40ClN5O7/c1-18(2)27(29(39)42-7)37-26(38)13-19-9-10-20(32)14-22(19)36-28-21-15-25(24(41-6)16-23(21)34-17-35-28)43-12-8-11-33-30(40)44-31(3,4)5/h9-10,14-18,27H,8,11-13H2,1-7H3,(H,33,40)(H,37,38)(H,34,35,36)/t27-/m1/s1. The van der Waals surface area contributed by atoms with Crippen LogP contribution in [0.2, 0.25) is 5.02 Å². The quantitative estimate of drug-likeness (QED) is 0.170. The summed E-state index contributed by atoms with van der Waals surface area (Å²) in [4.78, 5) is 45.8. The van der Waals surface area contributed by atoms with E-state index in [1.54, 1.807) is 51.1 Å². The minimum absolute atomic E-state index is 0.0255. The molecular weight excluding hydrogens is 590 g/mol. The number of carbonyl (C=O) groups excluding carboxylic acids is 3. The maximum atomic E-state index is 12.9. The number of amides is 2. The number of benzene rings is 2. The molecule has 13 heteroatoms. The van der Waals surface area contributed by atoms with Crippen LogP contribution in [0.3, 0.4) is 0 Å². The van der Waals surface area contributed by atoms with E-state index in [4.69, 9.17) is 30.5 Å². The van der Waals surface area contributed by atoms with Crippen molar-refractivity contribution in [3.8, 4) is 11.5 Å². The number of rotatable bonds is 13. The van der Waals surface area contributed by atoms with Gasteiger partial charge in [-0.15, -0.1) is 0 Å². The van der Waals surface area contributed by atoms with Crippen molar-refractivity contribution in [2.75, 3.05) is 32.7 Å². The van der Waals surface area contributed by atoms with E-state index in [-0.39, 0.29) is 18.2 Å². The van der Waals surface area contributed by atoms with Gasteiger partial charge in [0.25, 0.3) is 0 Å². The molecule has 1 atom stereocenters. The van der Waals surface area contributed by atoms with Crippen molar-refractivity contribution in [3.05, 3.63) is 47.2 Å². The molecule has 0 aliphatic rings. The highest BCUT2D eigenvalue weighted by Gasteiger charge is 2.25. The van der Waals surface area contributed by atoms with E-state index in [2.05, 4.69) is 25.9 Å². The Balaban J connectivity index is 1.79. The monoisotopic (exact) mass is 629 g/mol. The summed E-state index contributed by atoms with van der Waals surface area (Å²) in [5, 5.41) is 9.83. The Hall–Kier alpha value is -4.32. The number of halogens is 1. The molecule has 12 nitrogen and oxygen atoms in total. The van der Waals surface area contributed by atoms with Crippen LogP contribution in [0.15, 0.2) is 36.7 Å². The van der Waals surface area contributed by atoms with Gasteiger partial charge in [0.05, 0.1) is 32.8 Å². The van der Waals surface area contributed by atoms with Crippen LogP contribution in [0, 0.1) is 5.92 Å². The Kier molecular flexibility index (Phi) is 12.0. The van der Waals surface area contributed by atoms with Gasteiger partial charge in [-0.3, -0.25) is 4.79 Å². The average molecular weight is 630 g/mol. The lowest BCUT2D eigenvalue weighted by atomic mass is 10.0. The van der Waals surface area contributed by atoms with Crippen LogP contribution in [-0.4, -0.2) is 67.0 Å². The maximum Gasteiger partial charge on any atom is 0.407 e. The Morgan fingerprint density at radius 3 is 2.43 bits per heavy atom. The van der Waals surface area contributed by atoms with Crippen molar-refractivity contribution in [1.29, 1.82) is 0 Å². The number of methoxy groups -OCH3 is 2. The molecular formula is C31H40ClN5O7. The second-order valence-electron chi connectivity index (χ2n) is 11.3. The second-order valence-corrected chi connectivity index (χ2v) is 11.7. The van der Waals surface area contributed by atoms with E-state index in [9.17, 15) is 14.4 Å². The maximum absolute atomic E-state index is 12.9. The Labute approximate surface area is 262 Å². The highest BCUT2D eigenvalue weighted by molar-refractivity contribution is 6.31. The molecule has 2 aromatic carbocycles. The lowest BCUT2D eigenvalue weighted by Crippen LogP contribution is -2.45. The van der Waals surface area contributed by atoms with Crippen LogP contribution in [0.25, 0.3) is 10.9 Å². The zero-order valence-electron chi connectivity index (χ0n) is 26.1. The normalized spacial score (nSPS) is 11.9. The van der Waals surface area contributed by atoms with Crippen molar-refractivity contribution in [1.82, 2.24) is 20.6 Å². The first-order valence-electron chi connectivity index (χ1n) is 14.2. The van der Waals surface area contributed by atoms with E-state index < -0.39 is 23.7 Å². The Morgan fingerprint density at radius 1 is 1.02 bits per heavy atom. The van der Waals surface area contributed by atoms with Crippen LogP contribution < -0.4 is 25.4 Å². The zero-order chi connectivity index (χ0) is 32.4. The van der Waals surface area contributed by atoms with Gasteiger partial charge in [0, 0.05) is 28.7 Å². The predicted molar refractivity (Wildman–Crippen MR) is 168 cm³/mol. The number of hydrogen-bond acceptors (Lipinski definition) is 10. The molecule has 3 N–H and O–H groups in total. The van der Waals surface area contributed by atoms with E-state index >= 15 is 0 Å². The summed E-state index contributed by atoms with van der Waals surface area (Å²) < 4.78 is 21.6. The topological polar surface area (TPSA) is 150 Å². The summed E-state index contributed by atoms with van der Waals surface area (Å²) in [6.07, 6.45) is 1.42. The predicted octanol–water partition coefficient (Wildman–Crippen LogP) is 5.19. The van der Waals surface area contributed by atoms with Crippen molar-refractivity contribution in [3.63, 3.8) is 0 Å². The number of fused-ring (bicyclic) bond motifs is 1. The van der Waals surface area contributed by atoms with Crippen LogP contribution in [0.4, 0.5) is 16.3 Å². The fourth-order valence-electron chi connectivity index (χ4n) is 4.16. The highest BCUT2D eigenvalue weighted by atomic mass is 35.5. The third-order valence-electron chi connectivity index (χ3n) is 6.28. The number of alkyl carbamates (subject to hydrolysis) is 1. The molecule has 0 spiro atoms. The molecule has 238 valence electrons. The van der Waals surface area contributed by atoms with Gasteiger partial charge in [-0.1, -0.05) is 31.5 Å². The van der Waals surface area contributed by atoms with Crippen molar-refractivity contribution in [2.24, 2.45) is 5.92 Å². The summed E-state index contributed by atoms with van der Waals surface area (Å²) in [6, 6.07) is 7.83. The van der Waals surface area contributed by atoms with Gasteiger partial charge in [-0.2, -0.15) is 0 Å². The first kappa shape index (κ1) is 34.2. The highest BCUT2D eigenvalue weighted by Crippen LogP contribution is 2.35. The number of nitrogens with zero attached hydrogens (tertiary/aromatic N) is 2. The largest absolute Gasteiger partial charge is 0.493 e. The number of anilines is 2. The molecule has 0 fully saturated rings.